The lowest BCUT2D eigenvalue weighted by Gasteiger charge is -2.10. The molecule has 0 atom stereocenters. The summed E-state index contributed by atoms with van der Waals surface area (Å²) < 4.78 is 15.7. The van der Waals surface area contributed by atoms with Crippen LogP contribution in [-0.2, 0) is 9.59 Å². The number of nitrogens with one attached hydrogen (secondary N) is 3. The highest BCUT2D eigenvalue weighted by molar-refractivity contribution is 7.80. The van der Waals surface area contributed by atoms with Crippen LogP contribution in [0.2, 0.25) is 0 Å². The highest BCUT2D eigenvalue weighted by Gasteiger charge is 2.05. The highest BCUT2D eigenvalue weighted by Crippen LogP contribution is 2.16. The lowest BCUT2D eigenvalue weighted by Crippen LogP contribution is -2.49. The van der Waals surface area contributed by atoms with E-state index in [-0.39, 0.29) is 11.7 Å². The smallest absolute Gasteiger partial charge is 0.276 e. The maximum atomic E-state index is 11.9. The van der Waals surface area contributed by atoms with E-state index in [2.05, 4.69) is 16.2 Å². The molecule has 8 nitrogen and oxygen atoms in total. The zero-order chi connectivity index (χ0) is 21.8. The Kier molecular flexibility index (Phi) is 9.14. The second-order valence-corrected chi connectivity index (χ2v) is 6.20. The first kappa shape index (κ1) is 22.7. The molecule has 0 bridgehead atoms. The van der Waals surface area contributed by atoms with Crippen LogP contribution in [0.1, 0.15) is 12.5 Å². The number of benzene rings is 2. The fraction of sp³-hybridized carbons (Fsp3) is 0.190. The second kappa shape index (κ2) is 12.1. The molecule has 0 aliphatic carbocycles. The second-order valence-electron chi connectivity index (χ2n) is 5.79. The molecule has 0 unspecified atom stereocenters. The molecule has 3 N–H and O–H groups in total. The molecule has 30 heavy (non-hydrogen) atoms. The van der Waals surface area contributed by atoms with Crippen molar-refractivity contribution in [3.8, 4) is 17.2 Å². The summed E-state index contributed by atoms with van der Waals surface area (Å²) >= 11 is 4.97. The molecular formula is C21H23N3O5S. The largest absolute Gasteiger partial charge is 0.497 e. The van der Waals surface area contributed by atoms with Crippen LogP contribution in [0.3, 0.4) is 0 Å². The molecule has 2 amide bonds. The average Bonchev–Trinajstić information content (AvgIpc) is 2.76. The molecule has 2 aromatic carbocycles. The van der Waals surface area contributed by atoms with E-state index < -0.39 is 11.8 Å². The Bertz CT molecular complexity index is 883. The summed E-state index contributed by atoms with van der Waals surface area (Å²) in [6.07, 6.45) is 2.97. The average molecular weight is 429 g/mol. The molecule has 0 saturated carbocycles. The van der Waals surface area contributed by atoms with Crippen LogP contribution in [0, 0.1) is 0 Å². The summed E-state index contributed by atoms with van der Waals surface area (Å²) in [4.78, 5) is 23.7. The van der Waals surface area contributed by atoms with E-state index in [9.17, 15) is 9.59 Å². The minimum absolute atomic E-state index is 0.0471. The van der Waals surface area contributed by atoms with Crippen LogP contribution in [0.4, 0.5) is 0 Å². The number of carbonyl (C=O) groups excluding carboxylic acids is 2. The van der Waals surface area contributed by atoms with E-state index in [4.69, 9.17) is 26.4 Å². The Morgan fingerprint density at radius 3 is 2.17 bits per heavy atom. The summed E-state index contributed by atoms with van der Waals surface area (Å²) in [5.74, 6) is 1.06. The van der Waals surface area contributed by atoms with E-state index in [1.165, 1.54) is 6.08 Å². The standard InChI is InChI=1S/C21H23N3O5S/c1-3-28-17-7-4-15(5-8-17)6-13-19(25)22-21(30)24-23-20(26)14-29-18-11-9-16(27-2)10-12-18/h4-13H,3,14H2,1-2H3,(H,23,26)(H2,22,24,25,30)/b13-6+. The Labute approximate surface area is 180 Å². The van der Waals surface area contributed by atoms with Crippen molar-refractivity contribution in [2.45, 2.75) is 6.92 Å². The van der Waals surface area contributed by atoms with Crippen LogP contribution in [0.5, 0.6) is 17.2 Å². The van der Waals surface area contributed by atoms with Gasteiger partial charge in [0.2, 0.25) is 5.91 Å². The van der Waals surface area contributed by atoms with Gasteiger partial charge in [0.25, 0.3) is 5.91 Å². The normalized spacial score (nSPS) is 10.2. The number of methoxy groups -OCH3 is 1. The van der Waals surface area contributed by atoms with Crippen LogP contribution < -0.4 is 30.4 Å². The lowest BCUT2D eigenvalue weighted by molar-refractivity contribution is -0.123. The van der Waals surface area contributed by atoms with Crippen molar-refractivity contribution in [2.24, 2.45) is 0 Å². The third-order valence-corrected chi connectivity index (χ3v) is 3.80. The van der Waals surface area contributed by atoms with Crippen LogP contribution in [0.15, 0.2) is 54.6 Å². The molecule has 2 aromatic rings. The van der Waals surface area contributed by atoms with E-state index in [0.717, 1.165) is 11.3 Å². The van der Waals surface area contributed by atoms with Gasteiger partial charge in [-0.05, 0) is 67.2 Å². The zero-order valence-electron chi connectivity index (χ0n) is 16.6. The summed E-state index contributed by atoms with van der Waals surface area (Å²) in [6.45, 7) is 2.27. The van der Waals surface area contributed by atoms with Gasteiger partial charge >= 0.3 is 0 Å². The van der Waals surface area contributed by atoms with E-state index in [1.54, 1.807) is 37.5 Å². The molecule has 0 aliphatic heterocycles. The zero-order valence-corrected chi connectivity index (χ0v) is 17.5. The molecule has 0 aromatic heterocycles. The summed E-state index contributed by atoms with van der Waals surface area (Å²) in [5.41, 5.74) is 5.61. The molecule has 158 valence electrons. The van der Waals surface area contributed by atoms with Crippen molar-refractivity contribution in [2.75, 3.05) is 20.3 Å². The minimum Gasteiger partial charge on any atom is -0.497 e. The third-order valence-electron chi connectivity index (χ3n) is 3.60. The van der Waals surface area contributed by atoms with Crippen molar-refractivity contribution < 1.29 is 23.8 Å². The summed E-state index contributed by atoms with van der Waals surface area (Å²) in [7, 11) is 1.56. The molecule has 0 saturated heterocycles. The number of amides is 2. The van der Waals surface area contributed by atoms with E-state index in [0.29, 0.717) is 18.1 Å². The van der Waals surface area contributed by atoms with Gasteiger partial charge in [-0.3, -0.25) is 25.8 Å². The number of hydrazine groups is 1. The number of hydrogen-bond donors (Lipinski definition) is 3. The molecule has 0 fully saturated rings. The molecule has 2 rings (SSSR count). The van der Waals surface area contributed by atoms with Gasteiger partial charge < -0.3 is 14.2 Å². The number of ether oxygens (including phenoxy) is 3. The highest BCUT2D eigenvalue weighted by atomic mass is 32.1. The van der Waals surface area contributed by atoms with Gasteiger partial charge in [-0.1, -0.05) is 12.1 Å². The van der Waals surface area contributed by atoms with Gasteiger partial charge in [0, 0.05) is 6.08 Å². The van der Waals surface area contributed by atoms with Crippen LogP contribution in [0.25, 0.3) is 6.08 Å². The third kappa shape index (κ3) is 8.19. The summed E-state index contributed by atoms with van der Waals surface area (Å²) in [5, 5.41) is 2.38. The van der Waals surface area contributed by atoms with E-state index in [1.807, 2.05) is 31.2 Å². The molecular weight excluding hydrogens is 406 g/mol. The van der Waals surface area contributed by atoms with Crippen molar-refractivity contribution in [1.29, 1.82) is 0 Å². The van der Waals surface area contributed by atoms with Crippen LogP contribution >= 0.6 is 12.2 Å². The lowest BCUT2D eigenvalue weighted by atomic mass is 10.2. The predicted octanol–water partition coefficient (Wildman–Crippen LogP) is 2.21. The first-order valence-corrected chi connectivity index (χ1v) is 9.48. The Morgan fingerprint density at radius 1 is 0.933 bits per heavy atom. The van der Waals surface area contributed by atoms with Gasteiger partial charge in [-0.25, -0.2) is 0 Å². The topological polar surface area (TPSA) is 97.9 Å². The quantitative estimate of drug-likeness (QED) is 0.336. The van der Waals surface area contributed by atoms with Crippen molar-refractivity contribution in [3.63, 3.8) is 0 Å². The number of rotatable bonds is 8. The van der Waals surface area contributed by atoms with Gasteiger partial charge in [0.15, 0.2) is 11.7 Å². The first-order chi connectivity index (χ1) is 14.5. The molecule has 0 spiro atoms. The predicted molar refractivity (Wildman–Crippen MR) is 117 cm³/mol. The first-order valence-electron chi connectivity index (χ1n) is 9.07. The fourth-order valence-electron chi connectivity index (χ4n) is 2.18. The maximum Gasteiger partial charge on any atom is 0.276 e. The molecule has 0 radical (unpaired) electrons. The maximum absolute atomic E-state index is 11.9. The Balaban J connectivity index is 1.68. The van der Waals surface area contributed by atoms with Crippen molar-refractivity contribution >= 4 is 35.2 Å². The monoisotopic (exact) mass is 429 g/mol. The molecule has 0 aliphatic rings. The molecule has 9 heteroatoms. The number of hydrogen-bond acceptors (Lipinski definition) is 6. The van der Waals surface area contributed by atoms with Gasteiger partial charge in [-0.15, -0.1) is 0 Å². The van der Waals surface area contributed by atoms with Crippen LogP contribution in [-0.4, -0.2) is 37.3 Å². The Hall–Kier alpha value is -3.59. The van der Waals surface area contributed by atoms with Gasteiger partial charge in [-0.2, -0.15) is 0 Å². The van der Waals surface area contributed by atoms with Crippen molar-refractivity contribution in [3.05, 3.63) is 60.2 Å². The van der Waals surface area contributed by atoms with Gasteiger partial charge in [0.05, 0.1) is 13.7 Å². The van der Waals surface area contributed by atoms with Crippen molar-refractivity contribution in [1.82, 2.24) is 16.2 Å². The SMILES string of the molecule is CCOc1ccc(/C=C/C(=O)NC(=S)NNC(=O)COc2ccc(OC)cc2)cc1. The minimum atomic E-state index is -0.465. The number of carbonyl (C=O) groups is 2. The summed E-state index contributed by atoms with van der Waals surface area (Å²) in [6, 6.07) is 14.1. The fourth-order valence-corrected chi connectivity index (χ4v) is 2.33. The van der Waals surface area contributed by atoms with E-state index >= 15 is 0 Å². The number of thiocarbonyl (C=S) groups is 1. The molecule has 0 heterocycles. The van der Waals surface area contributed by atoms with Gasteiger partial charge in [0.1, 0.15) is 17.2 Å². The Morgan fingerprint density at radius 2 is 1.53 bits per heavy atom.